The van der Waals surface area contributed by atoms with Gasteiger partial charge in [-0.2, -0.15) is 0 Å². The molecule has 0 aromatic carbocycles. The van der Waals surface area contributed by atoms with Crippen LogP contribution in [-0.4, -0.2) is 12.1 Å². The molecule has 7 atom stereocenters. The SMILES string of the molecule is C[C@@H]1CC2=C(CCC(=O)C2)C2C1C1CC[C@H](C=O)[C@@]1(C)C[C@@H]2C. The highest BCUT2D eigenvalue weighted by Gasteiger charge is 2.58. The summed E-state index contributed by atoms with van der Waals surface area (Å²) >= 11 is 0. The predicted molar refractivity (Wildman–Crippen MR) is 90.8 cm³/mol. The number of carbonyl (C=O) groups excluding carboxylic acids is 2. The van der Waals surface area contributed by atoms with Gasteiger partial charge in [0.1, 0.15) is 12.1 Å². The minimum atomic E-state index is 0.221. The summed E-state index contributed by atoms with van der Waals surface area (Å²) in [5, 5.41) is 0. The Kier molecular flexibility index (Phi) is 3.59. The van der Waals surface area contributed by atoms with Crippen LogP contribution in [0, 0.1) is 40.9 Å². The highest BCUT2D eigenvalue weighted by molar-refractivity contribution is 5.82. The fourth-order valence-corrected chi connectivity index (χ4v) is 7.25. The van der Waals surface area contributed by atoms with Gasteiger partial charge in [-0.25, -0.2) is 0 Å². The topological polar surface area (TPSA) is 34.1 Å². The molecule has 23 heavy (non-hydrogen) atoms. The monoisotopic (exact) mass is 314 g/mol. The number of ketones is 1. The number of hydrogen-bond acceptors (Lipinski definition) is 2. The number of carbonyl (C=O) groups is 2. The van der Waals surface area contributed by atoms with Crippen LogP contribution in [0.1, 0.15) is 65.7 Å². The number of allylic oxidation sites excluding steroid dienone is 2. The summed E-state index contributed by atoms with van der Waals surface area (Å²) in [4.78, 5) is 23.5. The first kappa shape index (κ1) is 15.6. The molecule has 2 nitrogen and oxygen atoms in total. The summed E-state index contributed by atoms with van der Waals surface area (Å²) in [6.07, 6.45) is 8.43. The Bertz CT molecular complexity index is 574. The molecule has 0 aliphatic heterocycles. The van der Waals surface area contributed by atoms with Crippen molar-refractivity contribution in [2.24, 2.45) is 40.9 Å². The maximum absolute atomic E-state index is 11.9. The Hall–Kier alpha value is -0.920. The molecule has 2 fully saturated rings. The van der Waals surface area contributed by atoms with Gasteiger partial charge in [0, 0.05) is 18.8 Å². The summed E-state index contributed by atoms with van der Waals surface area (Å²) in [7, 11) is 0. The van der Waals surface area contributed by atoms with Crippen LogP contribution in [0.5, 0.6) is 0 Å². The number of fused-ring (bicyclic) bond motifs is 4. The Balaban J connectivity index is 1.74. The summed E-state index contributed by atoms with van der Waals surface area (Å²) in [5.41, 5.74) is 3.38. The zero-order valence-electron chi connectivity index (χ0n) is 14.8. The van der Waals surface area contributed by atoms with E-state index >= 15 is 0 Å². The van der Waals surface area contributed by atoms with Crippen molar-refractivity contribution < 1.29 is 9.59 Å². The first-order chi connectivity index (χ1) is 11.0. The molecule has 0 bridgehead atoms. The molecule has 4 aliphatic carbocycles. The highest BCUT2D eigenvalue weighted by Crippen LogP contribution is 2.65. The quantitative estimate of drug-likeness (QED) is 0.524. The zero-order chi connectivity index (χ0) is 16.4. The van der Waals surface area contributed by atoms with Gasteiger partial charge in [0.25, 0.3) is 0 Å². The molecule has 0 aromatic rings. The third-order valence-electron chi connectivity index (χ3n) is 8.07. The van der Waals surface area contributed by atoms with Crippen molar-refractivity contribution in [2.45, 2.75) is 65.7 Å². The lowest BCUT2D eigenvalue weighted by Crippen LogP contribution is -2.50. The maximum atomic E-state index is 11.9. The van der Waals surface area contributed by atoms with E-state index in [1.54, 1.807) is 5.57 Å². The summed E-state index contributed by atoms with van der Waals surface area (Å²) < 4.78 is 0. The lowest BCUT2D eigenvalue weighted by atomic mass is 9.48. The van der Waals surface area contributed by atoms with Crippen molar-refractivity contribution in [1.82, 2.24) is 0 Å². The first-order valence-electron chi connectivity index (χ1n) is 9.63. The van der Waals surface area contributed by atoms with E-state index in [9.17, 15) is 9.59 Å². The van der Waals surface area contributed by atoms with Crippen LogP contribution in [0.25, 0.3) is 0 Å². The Morgan fingerprint density at radius 3 is 2.65 bits per heavy atom. The summed E-state index contributed by atoms with van der Waals surface area (Å²) in [6.45, 7) is 7.23. The molecule has 0 aromatic heterocycles. The molecule has 0 N–H and O–H groups in total. The third-order valence-corrected chi connectivity index (χ3v) is 8.07. The predicted octanol–water partition coefficient (Wildman–Crippen LogP) is 4.58. The molecule has 0 amide bonds. The second kappa shape index (κ2) is 5.29. The van der Waals surface area contributed by atoms with Crippen molar-refractivity contribution >= 4 is 12.1 Å². The highest BCUT2D eigenvalue weighted by atomic mass is 16.1. The van der Waals surface area contributed by atoms with Crippen molar-refractivity contribution in [1.29, 1.82) is 0 Å². The lowest BCUT2D eigenvalue weighted by molar-refractivity contribution is -0.121. The van der Waals surface area contributed by atoms with E-state index in [-0.39, 0.29) is 11.3 Å². The van der Waals surface area contributed by atoms with Crippen molar-refractivity contribution in [3.8, 4) is 0 Å². The number of rotatable bonds is 1. The number of Topliss-reactive ketones (excluding diaryl/α,β-unsaturated/α-hetero) is 1. The van der Waals surface area contributed by atoms with Gasteiger partial charge in [-0.05, 0) is 67.1 Å². The summed E-state index contributed by atoms with van der Waals surface area (Å²) in [6, 6.07) is 0. The minimum absolute atomic E-state index is 0.221. The zero-order valence-corrected chi connectivity index (χ0v) is 14.8. The molecule has 2 saturated carbocycles. The van der Waals surface area contributed by atoms with E-state index in [0.717, 1.165) is 38.0 Å². The molecule has 0 radical (unpaired) electrons. The number of hydrogen-bond donors (Lipinski definition) is 0. The average Bonchev–Trinajstić information content (AvgIpc) is 2.82. The van der Waals surface area contributed by atoms with E-state index < -0.39 is 0 Å². The molecule has 2 heteroatoms. The van der Waals surface area contributed by atoms with Gasteiger partial charge in [-0.3, -0.25) is 4.79 Å². The van der Waals surface area contributed by atoms with Gasteiger partial charge in [0.15, 0.2) is 0 Å². The molecule has 0 heterocycles. The molecule has 126 valence electrons. The maximum Gasteiger partial charge on any atom is 0.137 e. The van der Waals surface area contributed by atoms with E-state index in [4.69, 9.17) is 0 Å². The van der Waals surface area contributed by atoms with Crippen LogP contribution in [0.2, 0.25) is 0 Å². The van der Waals surface area contributed by atoms with Crippen LogP contribution in [0.3, 0.4) is 0 Å². The largest absolute Gasteiger partial charge is 0.303 e. The van der Waals surface area contributed by atoms with Crippen molar-refractivity contribution in [2.75, 3.05) is 0 Å². The van der Waals surface area contributed by atoms with Crippen LogP contribution in [0.4, 0.5) is 0 Å². The van der Waals surface area contributed by atoms with Gasteiger partial charge >= 0.3 is 0 Å². The Labute approximate surface area is 140 Å². The number of aldehydes is 1. The molecule has 0 spiro atoms. The Morgan fingerprint density at radius 1 is 1.13 bits per heavy atom. The van der Waals surface area contributed by atoms with Gasteiger partial charge in [0.05, 0.1) is 0 Å². The Morgan fingerprint density at radius 2 is 1.91 bits per heavy atom. The molecule has 4 rings (SSSR count). The van der Waals surface area contributed by atoms with Crippen LogP contribution < -0.4 is 0 Å². The van der Waals surface area contributed by atoms with E-state index in [1.807, 2.05) is 0 Å². The van der Waals surface area contributed by atoms with E-state index in [2.05, 4.69) is 20.8 Å². The standard InChI is InChI=1S/C21H30O2/c1-12-8-14-9-16(23)5-6-17(14)19-13(2)10-21(3)15(11-22)4-7-18(21)20(12)19/h11-13,15,18-20H,4-10H2,1-3H3/t12-,13+,15-,18?,19?,20?,21-/m1/s1. The fourth-order valence-electron chi connectivity index (χ4n) is 7.25. The second-order valence-corrected chi connectivity index (χ2v) is 9.24. The van der Waals surface area contributed by atoms with Crippen LogP contribution >= 0.6 is 0 Å². The van der Waals surface area contributed by atoms with Crippen molar-refractivity contribution in [3.63, 3.8) is 0 Å². The third kappa shape index (κ3) is 2.13. The second-order valence-electron chi connectivity index (χ2n) is 9.24. The van der Waals surface area contributed by atoms with Gasteiger partial charge in [0.2, 0.25) is 0 Å². The van der Waals surface area contributed by atoms with Gasteiger partial charge in [-0.15, -0.1) is 0 Å². The van der Waals surface area contributed by atoms with Crippen LogP contribution in [-0.2, 0) is 9.59 Å². The van der Waals surface area contributed by atoms with Crippen LogP contribution in [0.15, 0.2) is 11.1 Å². The molecule has 4 aliphatic rings. The van der Waals surface area contributed by atoms with E-state index in [1.165, 1.54) is 24.7 Å². The lowest BCUT2D eigenvalue weighted by Gasteiger charge is -2.56. The normalized spacial score (nSPS) is 49.4. The first-order valence-corrected chi connectivity index (χ1v) is 9.63. The molecular formula is C21H30O2. The molecule has 0 saturated heterocycles. The minimum Gasteiger partial charge on any atom is -0.303 e. The van der Waals surface area contributed by atoms with Crippen molar-refractivity contribution in [3.05, 3.63) is 11.1 Å². The molecule has 3 unspecified atom stereocenters. The average molecular weight is 314 g/mol. The summed E-state index contributed by atoms with van der Waals surface area (Å²) in [5.74, 6) is 4.17. The molecular weight excluding hydrogens is 284 g/mol. The fraction of sp³-hybridized carbons (Fsp3) is 0.810. The van der Waals surface area contributed by atoms with Gasteiger partial charge in [-0.1, -0.05) is 31.9 Å². The van der Waals surface area contributed by atoms with Gasteiger partial charge < -0.3 is 4.79 Å². The van der Waals surface area contributed by atoms with E-state index in [0.29, 0.717) is 29.5 Å². The smallest absolute Gasteiger partial charge is 0.137 e.